The highest BCUT2D eigenvalue weighted by Crippen LogP contribution is 2.50. The molecule has 124 valence electrons. The molecule has 2 aromatic rings. The van der Waals surface area contributed by atoms with Crippen LogP contribution in [0.25, 0.3) is 0 Å². The van der Waals surface area contributed by atoms with Crippen molar-refractivity contribution in [3.63, 3.8) is 0 Å². The molecule has 4 heteroatoms. The van der Waals surface area contributed by atoms with Crippen molar-refractivity contribution in [3.8, 4) is 0 Å². The van der Waals surface area contributed by atoms with Crippen molar-refractivity contribution in [1.82, 2.24) is 4.90 Å². The molecule has 24 heavy (non-hydrogen) atoms. The minimum absolute atomic E-state index is 0.0462. The predicted octanol–water partition coefficient (Wildman–Crippen LogP) is 5.06. The number of nitrogens with zero attached hydrogens (tertiary/aromatic N) is 1. The van der Waals surface area contributed by atoms with E-state index in [4.69, 9.17) is 0 Å². The van der Waals surface area contributed by atoms with Crippen LogP contribution in [0.4, 0.5) is 4.39 Å². The second-order valence-corrected chi connectivity index (χ2v) is 7.63. The van der Waals surface area contributed by atoms with Gasteiger partial charge in [0.05, 0.1) is 6.04 Å². The van der Waals surface area contributed by atoms with Gasteiger partial charge in [0, 0.05) is 16.9 Å². The maximum Gasteiger partial charge on any atom is 0.226 e. The van der Waals surface area contributed by atoms with Gasteiger partial charge in [0.15, 0.2) is 0 Å². The molecule has 3 unspecified atom stereocenters. The van der Waals surface area contributed by atoms with Crippen LogP contribution in [0.1, 0.15) is 42.3 Å². The molecular weight excluding hydrogens is 369 g/mol. The second kappa shape index (κ2) is 6.32. The smallest absolute Gasteiger partial charge is 0.226 e. The van der Waals surface area contributed by atoms with Crippen LogP contribution in [0, 0.1) is 11.7 Å². The minimum Gasteiger partial charge on any atom is -0.335 e. The lowest BCUT2D eigenvalue weighted by molar-refractivity contribution is -0.133. The highest BCUT2D eigenvalue weighted by Gasteiger charge is 2.48. The zero-order valence-corrected chi connectivity index (χ0v) is 14.9. The SMILES string of the molecule is O=C(C1CC1c1ccccc1F)N1CCCC1c1ccc(Br)cc1. The molecule has 1 saturated carbocycles. The topological polar surface area (TPSA) is 20.3 Å². The van der Waals surface area contributed by atoms with Gasteiger partial charge in [-0.15, -0.1) is 0 Å². The van der Waals surface area contributed by atoms with E-state index in [1.54, 1.807) is 6.07 Å². The summed E-state index contributed by atoms with van der Waals surface area (Å²) < 4.78 is 15.0. The number of hydrogen-bond donors (Lipinski definition) is 0. The third-order valence-electron chi connectivity index (χ3n) is 5.20. The van der Waals surface area contributed by atoms with E-state index >= 15 is 0 Å². The Balaban J connectivity index is 1.50. The van der Waals surface area contributed by atoms with Gasteiger partial charge in [-0.3, -0.25) is 4.79 Å². The van der Waals surface area contributed by atoms with Gasteiger partial charge in [0.25, 0.3) is 0 Å². The van der Waals surface area contributed by atoms with Gasteiger partial charge in [-0.1, -0.05) is 46.3 Å². The molecule has 2 nitrogen and oxygen atoms in total. The summed E-state index contributed by atoms with van der Waals surface area (Å²) in [5.74, 6) is -0.0137. The summed E-state index contributed by atoms with van der Waals surface area (Å²) >= 11 is 3.46. The van der Waals surface area contributed by atoms with Crippen LogP contribution in [0.3, 0.4) is 0 Å². The Morgan fingerprint density at radius 2 is 1.88 bits per heavy atom. The number of carbonyl (C=O) groups is 1. The van der Waals surface area contributed by atoms with Gasteiger partial charge in [-0.25, -0.2) is 4.39 Å². The van der Waals surface area contributed by atoms with E-state index in [2.05, 4.69) is 28.1 Å². The Labute approximate surface area is 149 Å². The highest BCUT2D eigenvalue weighted by molar-refractivity contribution is 9.10. The summed E-state index contributed by atoms with van der Waals surface area (Å²) in [5.41, 5.74) is 1.88. The molecule has 1 aliphatic heterocycles. The molecule has 1 heterocycles. The number of carbonyl (C=O) groups excluding carboxylic acids is 1. The Morgan fingerprint density at radius 3 is 2.62 bits per heavy atom. The summed E-state index contributed by atoms with van der Waals surface area (Å²) in [6.45, 7) is 0.806. The van der Waals surface area contributed by atoms with E-state index in [0.29, 0.717) is 5.56 Å². The Kier molecular flexibility index (Phi) is 4.17. The van der Waals surface area contributed by atoms with Gasteiger partial charge in [0.2, 0.25) is 5.91 Å². The molecule has 1 aliphatic carbocycles. The number of hydrogen-bond acceptors (Lipinski definition) is 1. The van der Waals surface area contributed by atoms with Crippen molar-refractivity contribution in [2.24, 2.45) is 5.92 Å². The Hall–Kier alpha value is -1.68. The first-order chi connectivity index (χ1) is 11.6. The van der Waals surface area contributed by atoms with Crippen LogP contribution in [0.2, 0.25) is 0 Å². The van der Waals surface area contributed by atoms with Crippen molar-refractivity contribution in [1.29, 1.82) is 0 Å². The van der Waals surface area contributed by atoms with E-state index < -0.39 is 0 Å². The zero-order valence-electron chi connectivity index (χ0n) is 13.3. The molecular formula is C20H19BrFNO. The van der Waals surface area contributed by atoms with Crippen molar-refractivity contribution in [2.45, 2.75) is 31.2 Å². The van der Waals surface area contributed by atoms with E-state index in [9.17, 15) is 9.18 Å². The molecule has 0 radical (unpaired) electrons. The van der Waals surface area contributed by atoms with Gasteiger partial charge in [0.1, 0.15) is 5.82 Å². The third kappa shape index (κ3) is 2.88. The molecule has 3 atom stereocenters. The van der Waals surface area contributed by atoms with Crippen LogP contribution in [-0.4, -0.2) is 17.4 Å². The maximum atomic E-state index is 13.9. The number of amides is 1. The molecule has 2 aromatic carbocycles. The van der Waals surface area contributed by atoms with Crippen molar-refractivity contribution < 1.29 is 9.18 Å². The highest BCUT2D eigenvalue weighted by atomic mass is 79.9. The molecule has 1 amide bonds. The Morgan fingerprint density at radius 1 is 1.12 bits per heavy atom. The van der Waals surface area contributed by atoms with E-state index in [1.807, 2.05) is 29.2 Å². The van der Waals surface area contributed by atoms with Gasteiger partial charge in [-0.05, 0) is 54.5 Å². The van der Waals surface area contributed by atoms with E-state index in [0.717, 1.165) is 30.3 Å². The molecule has 1 saturated heterocycles. The van der Waals surface area contributed by atoms with Crippen LogP contribution in [0.5, 0.6) is 0 Å². The lowest BCUT2D eigenvalue weighted by Crippen LogP contribution is -2.32. The molecule has 2 aliphatic rings. The summed E-state index contributed by atoms with van der Waals surface area (Å²) in [4.78, 5) is 15.0. The standard InChI is InChI=1S/C20H19BrFNO/c21-14-9-7-13(8-10-14)19-6-3-11-23(19)20(24)17-12-16(17)15-4-1-2-5-18(15)22/h1-2,4-5,7-10,16-17,19H,3,6,11-12H2. The van der Waals surface area contributed by atoms with Crippen molar-refractivity contribution >= 4 is 21.8 Å². The number of benzene rings is 2. The van der Waals surface area contributed by atoms with Crippen molar-refractivity contribution in [3.05, 3.63) is 69.9 Å². The van der Waals surface area contributed by atoms with Gasteiger partial charge in [-0.2, -0.15) is 0 Å². The van der Waals surface area contributed by atoms with E-state index in [-0.39, 0.29) is 29.6 Å². The second-order valence-electron chi connectivity index (χ2n) is 6.71. The van der Waals surface area contributed by atoms with Crippen LogP contribution < -0.4 is 0 Å². The quantitative estimate of drug-likeness (QED) is 0.720. The van der Waals surface area contributed by atoms with Crippen LogP contribution >= 0.6 is 15.9 Å². The third-order valence-corrected chi connectivity index (χ3v) is 5.73. The summed E-state index contributed by atoms with van der Waals surface area (Å²) in [7, 11) is 0. The largest absolute Gasteiger partial charge is 0.335 e. The molecule has 0 N–H and O–H groups in total. The minimum atomic E-state index is -0.191. The summed E-state index contributed by atoms with van der Waals surface area (Å²) in [6.07, 6.45) is 2.80. The normalized spacial score (nSPS) is 25.8. The average molecular weight is 388 g/mol. The fourth-order valence-electron chi connectivity index (χ4n) is 3.86. The average Bonchev–Trinajstić information content (AvgIpc) is 3.23. The van der Waals surface area contributed by atoms with E-state index in [1.165, 1.54) is 11.6 Å². The van der Waals surface area contributed by atoms with Crippen molar-refractivity contribution in [2.75, 3.05) is 6.54 Å². The lowest BCUT2D eigenvalue weighted by atomic mass is 10.0. The summed E-state index contributed by atoms with van der Waals surface area (Å²) in [5, 5.41) is 0. The lowest BCUT2D eigenvalue weighted by Gasteiger charge is -2.25. The number of likely N-dealkylation sites (tertiary alicyclic amines) is 1. The first kappa shape index (κ1) is 15.8. The molecule has 4 rings (SSSR count). The van der Waals surface area contributed by atoms with Gasteiger partial charge < -0.3 is 4.90 Å². The fraction of sp³-hybridized carbons (Fsp3) is 0.350. The molecule has 0 spiro atoms. The number of halogens is 2. The molecule has 2 fully saturated rings. The molecule has 0 aromatic heterocycles. The zero-order chi connectivity index (χ0) is 16.7. The monoisotopic (exact) mass is 387 g/mol. The number of rotatable bonds is 3. The Bertz CT molecular complexity index is 760. The molecule has 0 bridgehead atoms. The predicted molar refractivity (Wildman–Crippen MR) is 95.1 cm³/mol. The summed E-state index contributed by atoms with van der Waals surface area (Å²) in [6, 6.07) is 15.2. The fourth-order valence-corrected chi connectivity index (χ4v) is 4.13. The first-order valence-corrected chi connectivity index (χ1v) is 9.25. The van der Waals surface area contributed by atoms with Crippen LogP contribution in [-0.2, 0) is 4.79 Å². The first-order valence-electron chi connectivity index (χ1n) is 8.45. The maximum absolute atomic E-state index is 13.9. The van der Waals surface area contributed by atoms with Gasteiger partial charge >= 0.3 is 0 Å². The van der Waals surface area contributed by atoms with Crippen LogP contribution in [0.15, 0.2) is 53.0 Å².